The number of hydrogen-bond donors (Lipinski definition) is 2. The standard InChI is InChI=1S/C11H13NO2S/c12-10(11(14)15)9(13)7-6-8-4-2-1-3-5-8/h1-5,10H,6-7,12H2,(H,14,15). The number of carbonyl (C=O) groups is 2. The van der Waals surface area contributed by atoms with Crippen LogP contribution in [0.15, 0.2) is 30.3 Å². The number of rotatable bonds is 5. The van der Waals surface area contributed by atoms with Gasteiger partial charge in [0.15, 0.2) is 5.78 Å². The lowest BCUT2D eigenvalue weighted by Gasteiger charge is -2.05. The van der Waals surface area contributed by atoms with Gasteiger partial charge in [0.2, 0.25) is 5.12 Å². The van der Waals surface area contributed by atoms with Crippen LogP contribution in [0.4, 0.5) is 0 Å². The molecule has 0 aliphatic carbocycles. The van der Waals surface area contributed by atoms with E-state index >= 15 is 0 Å². The zero-order valence-corrected chi connectivity index (χ0v) is 9.11. The fourth-order valence-electron chi connectivity index (χ4n) is 1.21. The first-order chi connectivity index (χ1) is 7.11. The van der Waals surface area contributed by atoms with Gasteiger partial charge in [-0.15, -0.1) is 12.6 Å². The van der Waals surface area contributed by atoms with Gasteiger partial charge in [0.25, 0.3) is 0 Å². The molecule has 0 saturated heterocycles. The van der Waals surface area contributed by atoms with Crippen molar-refractivity contribution in [3.05, 3.63) is 35.9 Å². The maximum atomic E-state index is 11.4. The van der Waals surface area contributed by atoms with E-state index in [1.807, 2.05) is 30.3 Å². The number of Topliss-reactive ketones (excluding diaryl/α,β-unsaturated/α-hetero) is 1. The Morgan fingerprint density at radius 3 is 2.40 bits per heavy atom. The van der Waals surface area contributed by atoms with Crippen LogP contribution in [0.1, 0.15) is 12.0 Å². The van der Waals surface area contributed by atoms with Gasteiger partial charge in [-0.3, -0.25) is 9.59 Å². The maximum Gasteiger partial charge on any atom is 0.210 e. The summed E-state index contributed by atoms with van der Waals surface area (Å²) in [7, 11) is 0. The number of carbonyl (C=O) groups excluding carboxylic acids is 2. The number of nitrogens with two attached hydrogens (primary N) is 1. The molecule has 0 aromatic heterocycles. The summed E-state index contributed by atoms with van der Waals surface area (Å²) in [6.45, 7) is 0. The van der Waals surface area contributed by atoms with Crippen LogP contribution in [0.2, 0.25) is 0 Å². The first-order valence-electron chi connectivity index (χ1n) is 4.66. The number of ketones is 1. The van der Waals surface area contributed by atoms with E-state index in [0.29, 0.717) is 6.42 Å². The lowest BCUT2D eigenvalue weighted by Crippen LogP contribution is -2.36. The highest BCUT2D eigenvalue weighted by Gasteiger charge is 2.18. The molecule has 0 bridgehead atoms. The van der Waals surface area contributed by atoms with Gasteiger partial charge in [0.1, 0.15) is 6.04 Å². The SMILES string of the molecule is NC(C(=O)S)C(=O)CCc1ccccc1. The third-order valence-electron chi connectivity index (χ3n) is 2.12. The summed E-state index contributed by atoms with van der Waals surface area (Å²) in [4.78, 5) is 22.1. The molecule has 15 heavy (non-hydrogen) atoms. The van der Waals surface area contributed by atoms with Crippen molar-refractivity contribution in [1.82, 2.24) is 0 Å². The largest absolute Gasteiger partial charge is 0.315 e. The third kappa shape index (κ3) is 3.85. The van der Waals surface area contributed by atoms with Crippen molar-refractivity contribution < 1.29 is 9.59 Å². The van der Waals surface area contributed by atoms with Crippen molar-refractivity contribution in [2.24, 2.45) is 5.73 Å². The van der Waals surface area contributed by atoms with Gasteiger partial charge >= 0.3 is 0 Å². The van der Waals surface area contributed by atoms with E-state index in [9.17, 15) is 9.59 Å². The highest BCUT2D eigenvalue weighted by Crippen LogP contribution is 2.04. The summed E-state index contributed by atoms with van der Waals surface area (Å²) in [5.74, 6) is -0.265. The van der Waals surface area contributed by atoms with E-state index in [1.54, 1.807) is 0 Å². The summed E-state index contributed by atoms with van der Waals surface area (Å²) in [5, 5.41) is -0.576. The number of benzene rings is 1. The Labute approximate surface area is 94.1 Å². The highest BCUT2D eigenvalue weighted by atomic mass is 32.1. The number of hydrogen-bond acceptors (Lipinski definition) is 3. The molecule has 1 atom stereocenters. The van der Waals surface area contributed by atoms with E-state index in [4.69, 9.17) is 5.73 Å². The molecule has 1 unspecified atom stereocenters. The lowest BCUT2D eigenvalue weighted by molar-refractivity contribution is -0.124. The van der Waals surface area contributed by atoms with Gasteiger partial charge in [-0.1, -0.05) is 30.3 Å². The monoisotopic (exact) mass is 223 g/mol. The molecule has 0 aliphatic rings. The molecule has 4 heteroatoms. The summed E-state index contributed by atoms with van der Waals surface area (Å²) in [5.41, 5.74) is 6.41. The number of thiol groups is 1. The van der Waals surface area contributed by atoms with Crippen LogP contribution >= 0.6 is 12.6 Å². The molecule has 80 valence electrons. The van der Waals surface area contributed by atoms with Crippen LogP contribution in [-0.2, 0) is 16.0 Å². The Balaban J connectivity index is 2.44. The predicted molar refractivity (Wildman–Crippen MR) is 61.7 cm³/mol. The highest BCUT2D eigenvalue weighted by molar-refractivity contribution is 7.96. The summed E-state index contributed by atoms with van der Waals surface area (Å²) in [6.07, 6.45) is 0.881. The molecule has 0 amide bonds. The predicted octanol–water partition coefficient (Wildman–Crippen LogP) is 0.972. The first-order valence-corrected chi connectivity index (χ1v) is 5.11. The second-order valence-corrected chi connectivity index (χ2v) is 3.71. The number of aryl methyl sites for hydroxylation is 1. The van der Waals surface area contributed by atoms with Crippen molar-refractivity contribution in [2.45, 2.75) is 18.9 Å². The van der Waals surface area contributed by atoms with Crippen molar-refractivity contribution in [3.63, 3.8) is 0 Å². The Hall–Kier alpha value is -1.13. The summed E-state index contributed by atoms with van der Waals surface area (Å²) < 4.78 is 0. The van der Waals surface area contributed by atoms with Gasteiger partial charge in [0.05, 0.1) is 0 Å². The van der Waals surface area contributed by atoms with Gasteiger partial charge in [-0.25, -0.2) is 0 Å². The molecule has 0 radical (unpaired) electrons. The van der Waals surface area contributed by atoms with Crippen LogP contribution in [0.3, 0.4) is 0 Å². The topological polar surface area (TPSA) is 60.2 Å². The van der Waals surface area contributed by atoms with Crippen LogP contribution in [-0.4, -0.2) is 16.9 Å². The van der Waals surface area contributed by atoms with Gasteiger partial charge in [-0.05, 0) is 12.0 Å². The first kappa shape index (κ1) is 11.9. The van der Waals surface area contributed by atoms with Gasteiger partial charge in [0, 0.05) is 6.42 Å². The molecule has 3 nitrogen and oxygen atoms in total. The zero-order valence-electron chi connectivity index (χ0n) is 8.22. The molecule has 0 heterocycles. The molecule has 2 N–H and O–H groups in total. The van der Waals surface area contributed by atoms with Gasteiger partial charge < -0.3 is 5.73 Å². The van der Waals surface area contributed by atoms with Crippen LogP contribution in [0, 0.1) is 0 Å². The van der Waals surface area contributed by atoms with E-state index in [0.717, 1.165) is 5.56 Å². The molecule has 0 aliphatic heterocycles. The molecule has 1 aromatic rings. The maximum absolute atomic E-state index is 11.4. The summed E-state index contributed by atoms with van der Waals surface area (Å²) >= 11 is 3.53. The minimum atomic E-state index is -1.09. The molecule has 0 saturated carbocycles. The molecule has 1 aromatic carbocycles. The lowest BCUT2D eigenvalue weighted by atomic mass is 10.0. The second-order valence-electron chi connectivity index (χ2n) is 3.27. The van der Waals surface area contributed by atoms with Crippen molar-refractivity contribution in [1.29, 1.82) is 0 Å². The fourth-order valence-corrected chi connectivity index (χ4v) is 1.35. The van der Waals surface area contributed by atoms with E-state index in [2.05, 4.69) is 12.6 Å². The smallest absolute Gasteiger partial charge is 0.210 e. The minimum absolute atomic E-state index is 0.265. The van der Waals surface area contributed by atoms with Crippen LogP contribution in [0.25, 0.3) is 0 Å². The molecule has 0 spiro atoms. The zero-order chi connectivity index (χ0) is 11.3. The molecular formula is C11H13NO2S. The molecular weight excluding hydrogens is 210 g/mol. The van der Waals surface area contributed by atoms with Crippen molar-refractivity contribution >= 4 is 23.5 Å². The molecule has 1 rings (SSSR count). The summed E-state index contributed by atoms with van der Waals surface area (Å²) in [6, 6.07) is 8.50. The van der Waals surface area contributed by atoms with Crippen LogP contribution < -0.4 is 5.73 Å². The van der Waals surface area contributed by atoms with Gasteiger partial charge in [-0.2, -0.15) is 0 Å². The van der Waals surface area contributed by atoms with Crippen molar-refractivity contribution in [2.75, 3.05) is 0 Å². The average molecular weight is 223 g/mol. The Morgan fingerprint density at radius 2 is 1.87 bits per heavy atom. The Bertz CT molecular complexity index is 351. The second kappa shape index (κ2) is 5.68. The van der Waals surface area contributed by atoms with Crippen LogP contribution in [0.5, 0.6) is 0 Å². The fraction of sp³-hybridized carbons (Fsp3) is 0.273. The van der Waals surface area contributed by atoms with E-state index in [1.165, 1.54) is 0 Å². The Morgan fingerprint density at radius 1 is 1.27 bits per heavy atom. The molecule has 0 fully saturated rings. The van der Waals surface area contributed by atoms with E-state index in [-0.39, 0.29) is 12.2 Å². The quantitative estimate of drug-likeness (QED) is 0.577. The average Bonchev–Trinajstić information content (AvgIpc) is 2.26. The van der Waals surface area contributed by atoms with E-state index < -0.39 is 11.2 Å². The van der Waals surface area contributed by atoms with Crippen molar-refractivity contribution in [3.8, 4) is 0 Å². The Kier molecular flexibility index (Phi) is 4.52. The third-order valence-corrected chi connectivity index (χ3v) is 2.39. The normalized spacial score (nSPS) is 12.1. The minimum Gasteiger partial charge on any atom is -0.315 e.